The van der Waals surface area contributed by atoms with Crippen LogP contribution in [0.5, 0.6) is 0 Å². The number of nitrogens with zero attached hydrogens (tertiary/aromatic N) is 3. The van der Waals surface area contributed by atoms with Gasteiger partial charge >= 0.3 is 0 Å². The fourth-order valence-electron chi connectivity index (χ4n) is 1.43. The molecule has 3 nitrogen and oxygen atoms in total. The molecule has 72 valence electrons. The maximum absolute atomic E-state index is 8.70. The average molecular weight is 195 g/mol. The van der Waals surface area contributed by atoms with Crippen molar-refractivity contribution in [3.8, 4) is 17.3 Å². The fraction of sp³-hybridized carbons (Fsp3) is 0.0833. The first-order valence-corrected chi connectivity index (χ1v) is 4.63. The predicted octanol–water partition coefficient (Wildman–Crippen LogP) is 2.21. The van der Waals surface area contributed by atoms with Gasteiger partial charge in [0.1, 0.15) is 0 Å². The first kappa shape index (κ1) is 9.35. The number of hydrogen-bond donors (Lipinski definition) is 0. The summed E-state index contributed by atoms with van der Waals surface area (Å²) in [5, 5.41) is 8.70. The van der Waals surface area contributed by atoms with Gasteiger partial charge in [-0.15, -0.1) is 0 Å². The maximum atomic E-state index is 8.70. The van der Waals surface area contributed by atoms with Gasteiger partial charge in [0.25, 0.3) is 0 Å². The van der Waals surface area contributed by atoms with Gasteiger partial charge in [0, 0.05) is 24.2 Å². The Morgan fingerprint density at radius 1 is 1.20 bits per heavy atom. The van der Waals surface area contributed by atoms with E-state index < -0.39 is 0 Å². The van der Waals surface area contributed by atoms with Crippen molar-refractivity contribution in [3.05, 3.63) is 48.4 Å². The highest BCUT2D eigenvalue weighted by molar-refractivity contribution is 5.62. The van der Waals surface area contributed by atoms with E-state index in [2.05, 4.69) is 16.0 Å². The van der Waals surface area contributed by atoms with E-state index in [0.717, 1.165) is 16.8 Å². The van der Waals surface area contributed by atoms with Crippen molar-refractivity contribution in [1.82, 2.24) is 9.97 Å². The van der Waals surface area contributed by atoms with Crippen LogP contribution in [-0.4, -0.2) is 9.97 Å². The molecule has 0 aliphatic rings. The number of nitriles is 1. The summed E-state index contributed by atoms with van der Waals surface area (Å²) >= 11 is 0. The van der Waals surface area contributed by atoms with Crippen LogP contribution in [0.1, 0.15) is 5.56 Å². The van der Waals surface area contributed by atoms with Crippen molar-refractivity contribution >= 4 is 0 Å². The van der Waals surface area contributed by atoms with Gasteiger partial charge in [0.15, 0.2) is 0 Å². The molecule has 0 saturated heterocycles. The molecule has 0 aliphatic carbocycles. The molecule has 0 saturated carbocycles. The van der Waals surface area contributed by atoms with Gasteiger partial charge in [-0.1, -0.05) is 6.07 Å². The zero-order valence-electron chi connectivity index (χ0n) is 8.09. The zero-order valence-corrected chi connectivity index (χ0v) is 8.09. The molecule has 0 radical (unpaired) electrons. The van der Waals surface area contributed by atoms with Gasteiger partial charge in [-0.2, -0.15) is 5.26 Å². The van der Waals surface area contributed by atoms with Crippen LogP contribution in [0, 0.1) is 11.3 Å². The van der Waals surface area contributed by atoms with Crippen molar-refractivity contribution in [2.24, 2.45) is 0 Å². The third kappa shape index (κ3) is 2.00. The summed E-state index contributed by atoms with van der Waals surface area (Å²) in [6.07, 6.45) is 5.57. The van der Waals surface area contributed by atoms with E-state index in [4.69, 9.17) is 5.26 Å². The average Bonchev–Trinajstić information content (AvgIpc) is 2.31. The van der Waals surface area contributed by atoms with Crippen LogP contribution in [-0.2, 0) is 6.42 Å². The molecule has 0 aliphatic heterocycles. The SMILES string of the molecule is N#CCc1cccnc1-c1cccnc1. The summed E-state index contributed by atoms with van der Waals surface area (Å²) in [4.78, 5) is 8.32. The minimum Gasteiger partial charge on any atom is -0.264 e. The lowest BCUT2D eigenvalue weighted by Crippen LogP contribution is -1.91. The Morgan fingerprint density at radius 3 is 2.80 bits per heavy atom. The largest absolute Gasteiger partial charge is 0.264 e. The molecule has 2 aromatic rings. The highest BCUT2D eigenvalue weighted by atomic mass is 14.7. The summed E-state index contributed by atoms with van der Waals surface area (Å²) < 4.78 is 0. The molecule has 2 rings (SSSR count). The van der Waals surface area contributed by atoms with Crippen LogP contribution in [0.2, 0.25) is 0 Å². The lowest BCUT2D eigenvalue weighted by Gasteiger charge is -2.04. The normalized spacial score (nSPS) is 9.53. The first-order chi connectivity index (χ1) is 7.42. The van der Waals surface area contributed by atoms with Crippen LogP contribution >= 0.6 is 0 Å². The molecule has 0 aromatic carbocycles. The van der Waals surface area contributed by atoms with E-state index in [1.165, 1.54) is 0 Å². The van der Waals surface area contributed by atoms with Gasteiger partial charge < -0.3 is 0 Å². The molecule has 2 aromatic heterocycles. The van der Waals surface area contributed by atoms with Crippen LogP contribution in [0.4, 0.5) is 0 Å². The summed E-state index contributed by atoms with van der Waals surface area (Å²) in [6.45, 7) is 0. The van der Waals surface area contributed by atoms with Crippen LogP contribution in [0.15, 0.2) is 42.9 Å². The minimum atomic E-state index is 0.373. The lowest BCUT2D eigenvalue weighted by atomic mass is 10.1. The number of hydrogen-bond acceptors (Lipinski definition) is 3. The molecular formula is C12H9N3. The van der Waals surface area contributed by atoms with Gasteiger partial charge in [-0.05, 0) is 23.8 Å². The van der Waals surface area contributed by atoms with Crippen molar-refractivity contribution in [2.75, 3.05) is 0 Å². The second kappa shape index (κ2) is 4.34. The molecule has 0 N–H and O–H groups in total. The van der Waals surface area contributed by atoms with Gasteiger partial charge in [0.2, 0.25) is 0 Å². The molecule has 0 unspecified atom stereocenters. The van der Waals surface area contributed by atoms with E-state index in [0.29, 0.717) is 6.42 Å². The Balaban J connectivity index is 2.49. The van der Waals surface area contributed by atoms with E-state index in [9.17, 15) is 0 Å². The van der Waals surface area contributed by atoms with Crippen molar-refractivity contribution in [3.63, 3.8) is 0 Å². The van der Waals surface area contributed by atoms with E-state index >= 15 is 0 Å². The van der Waals surface area contributed by atoms with Crippen LogP contribution in [0.25, 0.3) is 11.3 Å². The van der Waals surface area contributed by atoms with Crippen molar-refractivity contribution < 1.29 is 0 Å². The highest BCUT2D eigenvalue weighted by Gasteiger charge is 2.04. The van der Waals surface area contributed by atoms with Crippen LogP contribution in [0.3, 0.4) is 0 Å². The van der Waals surface area contributed by atoms with Gasteiger partial charge in [0.05, 0.1) is 18.2 Å². The molecule has 0 fully saturated rings. The number of pyridine rings is 2. The Bertz CT molecular complexity index is 486. The van der Waals surface area contributed by atoms with Crippen molar-refractivity contribution in [1.29, 1.82) is 5.26 Å². The Kier molecular flexibility index (Phi) is 2.70. The molecule has 0 amide bonds. The van der Waals surface area contributed by atoms with Gasteiger partial charge in [-0.3, -0.25) is 9.97 Å². The topological polar surface area (TPSA) is 49.6 Å². The van der Waals surface area contributed by atoms with E-state index in [1.54, 1.807) is 18.6 Å². The van der Waals surface area contributed by atoms with E-state index in [-0.39, 0.29) is 0 Å². The Labute approximate surface area is 88.1 Å². The molecule has 0 atom stereocenters. The predicted molar refractivity (Wildman–Crippen MR) is 56.8 cm³/mol. The van der Waals surface area contributed by atoms with Crippen molar-refractivity contribution in [2.45, 2.75) is 6.42 Å². The minimum absolute atomic E-state index is 0.373. The summed E-state index contributed by atoms with van der Waals surface area (Å²) in [5.74, 6) is 0. The summed E-state index contributed by atoms with van der Waals surface area (Å²) in [7, 11) is 0. The number of aromatic nitrogens is 2. The first-order valence-electron chi connectivity index (χ1n) is 4.63. The summed E-state index contributed by atoms with van der Waals surface area (Å²) in [6, 6.07) is 9.69. The number of rotatable bonds is 2. The Morgan fingerprint density at radius 2 is 2.07 bits per heavy atom. The van der Waals surface area contributed by atoms with Gasteiger partial charge in [-0.25, -0.2) is 0 Å². The molecular weight excluding hydrogens is 186 g/mol. The van der Waals surface area contributed by atoms with E-state index in [1.807, 2.05) is 24.3 Å². The molecule has 2 heterocycles. The third-order valence-corrected chi connectivity index (χ3v) is 2.10. The van der Waals surface area contributed by atoms with Crippen LogP contribution < -0.4 is 0 Å². The smallest absolute Gasteiger partial charge is 0.0759 e. The lowest BCUT2D eigenvalue weighted by molar-refractivity contribution is 1.19. The summed E-state index contributed by atoms with van der Waals surface area (Å²) in [5.41, 5.74) is 2.73. The Hall–Kier alpha value is -2.21. The quantitative estimate of drug-likeness (QED) is 0.738. The standard InChI is InChI=1S/C12H9N3/c13-6-5-10-3-2-8-15-12(10)11-4-1-7-14-9-11/h1-4,7-9H,5H2. The zero-order chi connectivity index (χ0) is 10.5. The monoisotopic (exact) mass is 195 g/mol. The maximum Gasteiger partial charge on any atom is 0.0759 e. The fourth-order valence-corrected chi connectivity index (χ4v) is 1.43. The molecule has 3 heteroatoms. The molecule has 15 heavy (non-hydrogen) atoms. The molecule has 0 bridgehead atoms. The highest BCUT2D eigenvalue weighted by Crippen LogP contribution is 2.19. The second-order valence-corrected chi connectivity index (χ2v) is 3.09. The third-order valence-electron chi connectivity index (χ3n) is 2.10. The molecule has 0 spiro atoms. The second-order valence-electron chi connectivity index (χ2n) is 3.09.